The fourth-order valence-corrected chi connectivity index (χ4v) is 1.72. The van der Waals surface area contributed by atoms with Gasteiger partial charge < -0.3 is 4.74 Å². The molecule has 2 rings (SSSR count). The molecule has 5 nitrogen and oxygen atoms in total. The number of ether oxygens (including phenoxy) is 1. The summed E-state index contributed by atoms with van der Waals surface area (Å²) in [6.07, 6.45) is 0.0244. The molecule has 0 aliphatic carbocycles. The van der Waals surface area contributed by atoms with E-state index in [0.29, 0.717) is 5.69 Å². The van der Waals surface area contributed by atoms with Gasteiger partial charge in [0.15, 0.2) is 0 Å². The average molecular weight is 245 g/mol. The Balaban J connectivity index is 2.34. The van der Waals surface area contributed by atoms with E-state index in [0.717, 1.165) is 4.90 Å². The summed E-state index contributed by atoms with van der Waals surface area (Å²) in [6, 6.07) is 6.25. The number of hydrogen-bond donors (Lipinski definition) is 0. The molecule has 0 radical (unpaired) electrons. The van der Waals surface area contributed by atoms with Crippen LogP contribution in [0.3, 0.4) is 0 Å². The molecule has 0 unspecified atom stereocenters. The van der Waals surface area contributed by atoms with Crippen molar-refractivity contribution in [1.82, 2.24) is 0 Å². The lowest BCUT2D eigenvalue weighted by atomic mass is 10.2. The van der Waals surface area contributed by atoms with Crippen LogP contribution in [-0.2, 0) is 14.4 Å². The number of benzene rings is 1. The van der Waals surface area contributed by atoms with E-state index >= 15 is 0 Å². The predicted octanol–water partition coefficient (Wildman–Crippen LogP) is 1.43. The lowest BCUT2D eigenvalue weighted by Gasteiger charge is -2.14. The largest absolute Gasteiger partial charge is 0.427 e. The molecule has 0 saturated carbocycles. The summed E-state index contributed by atoms with van der Waals surface area (Å²) in [4.78, 5) is 35.3. The SMILES string of the molecule is C=C1CC(=O)N(c2cccc(OC(C)=O)c2)C1=O. The number of hydrogen-bond acceptors (Lipinski definition) is 4. The highest BCUT2D eigenvalue weighted by Gasteiger charge is 2.33. The number of amides is 2. The number of esters is 1. The van der Waals surface area contributed by atoms with Crippen molar-refractivity contribution in [2.45, 2.75) is 13.3 Å². The first-order valence-electron chi connectivity index (χ1n) is 5.32. The van der Waals surface area contributed by atoms with E-state index < -0.39 is 11.9 Å². The number of carbonyl (C=O) groups is 3. The molecule has 1 aromatic carbocycles. The molecule has 1 aliphatic rings. The number of anilines is 1. The van der Waals surface area contributed by atoms with E-state index in [1.807, 2.05) is 0 Å². The molecular formula is C13H11NO4. The predicted molar refractivity (Wildman–Crippen MR) is 64.0 cm³/mol. The smallest absolute Gasteiger partial charge is 0.308 e. The van der Waals surface area contributed by atoms with Crippen LogP contribution in [0.1, 0.15) is 13.3 Å². The Morgan fingerprint density at radius 2 is 2.11 bits per heavy atom. The van der Waals surface area contributed by atoms with E-state index in [1.54, 1.807) is 18.2 Å². The number of imide groups is 1. The third-order valence-corrected chi connectivity index (χ3v) is 2.46. The molecule has 1 aliphatic heterocycles. The number of carbonyl (C=O) groups excluding carboxylic acids is 3. The van der Waals surface area contributed by atoms with Gasteiger partial charge in [0.25, 0.3) is 5.91 Å². The van der Waals surface area contributed by atoms with Gasteiger partial charge in [-0.3, -0.25) is 14.4 Å². The van der Waals surface area contributed by atoms with Gasteiger partial charge in [-0.15, -0.1) is 0 Å². The zero-order chi connectivity index (χ0) is 13.3. The molecule has 0 bridgehead atoms. The molecule has 0 N–H and O–H groups in total. The van der Waals surface area contributed by atoms with Crippen molar-refractivity contribution in [2.75, 3.05) is 4.90 Å². The molecule has 5 heteroatoms. The monoisotopic (exact) mass is 245 g/mol. The molecule has 0 spiro atoms. The Morgan fingerprint density at radius 3 is 2.67 bits per heavy atom. The molecule has 1 saturated heterocycles. The summed E-state index contributed by atoms with van der Waals surface area (Å²) in [5.41, 5.74) is 0.639. The molecule has 1 aromatic rings. The van der Waals surface area contributed by atoms with Crippen LogP contribution >= 0.6 is 0 Å². The van der Waals surface area contributed by atoms with Crippen molar-refractivity contribution < 1.29 is 19.1 Å². The van der Waals surface area contributed by atoms with Crippen LogP contribution in [0.4, 0.5) is 5.69 Å². The Labute approximate surface area is 104 Å². The summed E-state index contributed by atoms with van der Waals surface area (Å²) in [6.45, 7) is 4.81. The molecule has 92 valence electrons. The van der Waals surface area contributed by atoms with Crippen LogP contribution < -0.4 is 9.64 Å². The lowest BCUT2D eigenvalue weighted by molar-refractivity contribution is -0.131. The minimum Gasteiger partial charge on any atom is -0.427 e. The first kappa shape index (κ1) is 12.0. The van der Waals surface area contributed by atoms with Crippen LogP contribution in [-0.4, -0.2) is 17.8 Å². The highest BCUT2D eigenvalue weighted by atomic mass is 16.5. The van der Waals surface area contributed by atoms with Crippen LogP contribution in [0.5, 0.6) is 5.75 Å². The van der Waals surface area contributed by atoms with Crippen molar-refractivity contribution in [3.63, 3.8) is 0 Å². The quantitative estimate of drug-likeness (QED) is 0.342. The van der Waals surface area contributed by atoms with E-state index in [1.165, 1.54) is 13.0 Å². The maximum atomic E-state index is 11.7. The minimum atomic E-state index is -0.462. The first-order chi connectivity index (χ1) is 8.49. The number of nitrogens with zero attached hydrogens (tertiary/aromatic N) is 1. The van der Waals surface area contributed by atoms with E-state index in [2.05, 4.69) is 6.58 Å². The molecule has 1 heterocycles. The van der Waals surface area contributed by atoms with Crippen LogP contribution in [0.25, 0.3) is 0 Å². The van der Waals surface area contributed by atoms with Gasteiger partial charge in [0.2, 0.25) is 5.91 Å². The Bertz CT molecular complexity index is 562. The Morgan fingerprint density at radius 1 is 1.39 bits per heavy atom. The van der Waals surface area contributed by atoms with Gasteiger partial charge in [-0.05, 0) is 12.1 Å². The van der Waals surface area contributed by atoms with Crippen LogP contribution in [0, 0.1) is 0 Å². The Kier molecular flexibility index (Phi) is 2.97. The average Bonchev–Trinajstić information content (AvgIpc) is 2.52. The summed E-state index contributed by atoms with van der Waals surface area (Å²) in [5.74, 6) is -0.918. The Hall–Kier alpha value is -2.43. The second-order valence-electron chi connectivity index (χ2n) is 3.91. The normalized spacial score (nSPS) is 15.2. The molecule has 2 amide bonds. The third kappa shape index (κ3) is 2.15. The van der Waals surface area contributed by atoms with Gasteiger partial charge in [-0.1, -0.05) is 12.6 Å². The fraction of sp³-hybridized carbons (Fsp3) is 0.154. The fourth-order valence-electron chi connectivity index (χ4n) is 1.72. The van der Waals surface area contributed by atoms with Gasteiger partial charge in [-0.2, -0.15) is 0 Å². The van der Waals surface area contributed by atoms with E-state index in [9.17, 15) is 14.4 Å². The second-order valence-corrected chi connectivity index (χ2v) is 3.91. The molecule has 18 heavy (non-hydrogen) atoms. The van der Waals surface area contributed by atoms with Crippen molar-refractivity contribution in [3.05, 3.63) is 36.4 Å². The standard InChI is InChI=1S/C13H11NO4/c1-8-6-12(16)14(13(8)17)10-4-3-5-11(7-10)18-9(2)15/h3-5,7H,1,6H2,2H3. The summed E-state index contributed by atoms with van der Waals surface area (Å²) in [5, 5.41) is 0. The zero-order valence-corrected chi connectivity index (χ0v) is 9.80. The van der Waals surface area contributed by atoms with Crippen LogP contribution in [0.2, 0.25) is 0 Å². The molecular weight excluding hydrogens is 234 g/mol. The van der Waals surface area contributed by atoms with E-state index in [-0.39, 0.29) is 23.7 Å². The van der Waals surface area contributed by atoms with Gasteiger partial charge >= 0.3 is 5.97 Å². The van der Waals surface area contributed by atoms with E-state index in [4.69, 9.17) is 4.74 Å². The summed E-state index contributed by atoms with van der Waals surface area (Å²) in [7, 11) is 0. The first-order valence-corrected chi connectivity index (χ1v) is 5.32. The molecule has 0 atom stereocenters. The summed E-state index contributed by atoms with van der Waals surface area (Å²) < 4.78 is 4.90. The number of rotatable bonds is 2. The minimum absolute atomic E-state index is 0.0244. The third-order valence-electron chi connectivity index (χ3n) is 2.46. The maximum Gasteiger partial charge on any atom is 0.308 e. The highest BCUT2D eigenvalue weighted by Crippen LogP contribution is 2.27. The van der Waals surface area contributed by atoms with Crippen molar-refractivity contribution in [2.24, 2.45) is 0 Å². The zero-order valence-electron chi connectivity index (χ0n) is 9.80. The van der Waals surface area contributed by atoms with Crippen molar-refractivity contribution in [1.29, 1.82) is 0 Å². The van der Waals surface area contributed by atoms with Gasteiger partial charge in [0.1, 0.15) is 5.75 Å². The van der Waals surface area contributed by atoms with Gasteiger partial charge in [0, 0.05) is 18.6 Å². The van der Waals surface area contributed by atoms with Crippen molar-refractivity contribution >= 4 is 23.5 Å². The maximum absolute atomic E-state index is 11.7. The summed E-state index contributed by atoms with van der Waals surface area (Å²) >= 11 is 0. The highest BCUT2D eigenvalue weighted by molar-refractivity contribution is 6.27. The van der Waals surface area contributed by atoms with Crippen LogP contribution in [0.15, 0.2) is 36.4 Å². The lowest BCUT2D eigenvalue weighted by Crippen LogP contribution is -2.28. The van der Waals surface area contributed by atoms with Gasteiger partial charge in [0.05, 0.1) is 12.1 Å². The van der Waals surface area contributed by atoms with Gasteiger partial charge in [-0.25, -0.2) is 4.90 Å². The second kappa shape index (κ2) is 4.44. The molecule has 0 aromatic heterocycles. The van der Waals surface area contributed by atoms with Crippen molar-refractivity contribution in [3.8, 4) is 5.75 Å². The topological polar surface area (TPSA) is 63.7 Å². The molecule has 1 fully saturated rings.